The molecule has 0 aliphatic carbocycles. The first kappa shape index (κ1) is 14.5. The largest absolute Gasteiger partial charge is 0.133 e. The van der Waals surface area contributed by atoms with Gasteiger partial charge in [-0.2, -0.15) is 0 Å². The molecule has 0 heterocycles. The van der Waals surface area contributed by atoms with Crippen LogP contribution in [-0.2, 0) is 0 Å². The number of benzene rings is 3. The zero-order valence-electron chi connectivity index (χ0n) is 12.9. The predicted molar refractivity (Wildman–Crippen MR) is 100 cm³/mol. The molecule has 0 N–H and O–H groups in total. The molecule has 3 rings (SSSR count). The molecule has 0 bridgehead atoms. The molecule has 0 spiro atoms. The summed E-state index contributed by atoms with van der Waals surface area (Å²) < 4.78 is 0. The maximum Gasteiger partial charge on any atom is 0.133 e. The topological polar surface area (TPSA) is 0 Å². The van der Waals surface area contributed by atoms with Crippen molar-refractivity contribution >= 4 is 30.4 Å². The summed E-state index contributed by atoms with van der Waals surface area (Å²) in [7, 11) is -1.47. The lowest BCUT2D eigenvalue weighted by Crippen LogP contribution is -2.52. The highest BCUT2D eigenvalue weighted by atomic mass is 28.3. The van der Waals surface area contributed by atoms with Crippen LogP contribution in [0, 0.1) is 6.92 Å². The Bertz CT molecular complexity index is 721. The van der Waals surface area contributed by atoms with Crippen molar-refractivity contribution in [1.82, 2.24) is 0 Å². The van der Waals surface area contributed by atoms with Gasteiger partial charge >= 0.3 is 0 Å². The SMILES string of the molecule is C=Cc1ccc(C)cc1[SiH](c1ccccc1)c1ccccc1. The van der Waals surface area contributed by atoms with E-state index in [1.807, 2.05) is 6.08 Å². The van der Waals surface area contributed by atoms with Crippen LogP contribution in [0.25, 0.3) is 6.08 Å². The quantitative estimate of drug-likeness (QED) is 0.513. The second-order valence-corrected chi connectivity index (χ2v) is 8.41. The fourth-order valence-corrected chi connectivity index (χ4v) is 6.27. The first-order valence-electron chi connectivity index (χ1n) is 7.62. The van der Waals surface area contributed by atoms with Crippen LogP contribution in [0.5, 0.6) is 0 Å². The highest BCUT2D eigenvalue weighted by molar-refractivity contribution is 6.95. The third kappa shape index (κ3) is 2.95. The van der Waals surface area contributed by atoms with E-state index in [1.54, 1.807) is 0 Å². The van der Waals surface area contributed by atoms with Gasteiger partial charge in [-0.05, 0) is 17.7 Å². The summed E-state index contributed by atoms with van der Waals surface area (Å²) in [4.78, 5) is 0. The minimum absolute atomic E-state index is 1.26. The third-order valence-corrected chi connectivity index (χ3v) is 7.26. The fourth-order valence-electron chi connectivity index (χ4n) is 2.97. The Kier molecular flexibility index (Phi) is 4.36. The molecule has 0 radical (unpaired) electrons. The van der Waals surface area contributed by atoms with Crippen LogP contribution in [0.4, 0.5) is 0 Å². The molecule has 0 aliphatic heterocycles. The Balaban J connectivity index is 2.23. The van der Waals surface area contributed by atoms with E-state index in [-0.39, 0.29) is 0 Å². The molecule has 0 aromatic heterocycles. The molecule has 1 heteroatoms. The van der Waals surface area contributed by atoms with E-state index < -0.39 is 8.80 Å². The molecular weight excluding hydrogens is 280 g/mol. The Labute approximate surface area is 134 Å². The molecule has 108 valence electrons. The van der Waals surface area contributed by atoms with Crippen molar-refractivity contribution in [2.24, 2.45) is 0 Å². The van der Waals surface area contributed by atoms with Crippen molar-refractivity contribution in [2.75, 3.05) is 0 Å². The second-order valence-electron chi connectivity index (χ2n) is 5.59. The van der Waals surface area contributed by atoms with Crippen LogP contribution in [0.3, 0.4) is 0 Å². The number of hydrogen-bond acceptors (Lipinski definition) is 0. The fraction of sp³-hybridized carbons (Fsp3) is 0.0476. The van der Waals surface area contributed by atoms with E-state index in [0.717, 1.165) is 0 Å². The van der Waals surface area contributed by atoms with E-state index in [2.05, 4.69) is 92.4 Å². The highest BCUT2D eigenvalue weighted by Gasteiger charge is 2.20. The Morgan fingerprint density at radius 1 is 0.773 bits per heavy atom. The molecule has 0 atom stereocenters. The zero-order chi connectivity index (χ0) is 15.4. The molecule has 3 aromatic rings. The van der Waals surface area contributed by atoms with Gasteiger partial charge in [0.05, 0.1) is 0 Å². The number of hydrogen-bond donors (Lipinski definition) is 0. The van der Waals surface area contributed by atoms with Gasteiger partial charge in [-0.1, -0.05) is 107 Å². The van der Waals surface area contributed by atoms with E-state index in [0.29, 0.717) is 0 Å². The Morgan fingerprint density at radius 3 is 1.82 bits per heavy atom. The molecule has 3 aromatic carbocycles. The number of aryl methyl sites for hydroxylation is 1. The van der Waals surface area contributed by atoms with Gasteiger partial charge in [-0.3, -0.25) is 0 Å². The average molecular weight is 300 g/mol. The van der Waals surface area contributed by atoms with Crippen molar-refractivity contribution in [2.45, 2.75) is 6.92 Å². The van der Waals surface area contributed by atoms with Crippen LogP contribution in [0.2, 0.25) is 0 Å². The maximum atomic E-state index is 4.01. The van der Waals surface area contributed by atoms with Gasteiger partial charge in [0.15, 0.2) is 0 Å². The standard InChI is InChI=1S/C21H20Si/c1-3-18-15-14-17(2)16-21(18)22(19-10-6-4-7-11-19)20-12-8-5-9-13-20/h3-16,22H,1H2,2H3. The van der Waals surface area contributed by atoms with E-state index in [9.17, 15) is 0 Å². The molecule has 0 nitrogen and oxygen atoms in total. The summed E-state index contributed by atoms with van der Waals surface area (Å²) in [6, 6.07) is 28.5. The van der Waals surface area contributed by atoms with E-state index in [4.69, 9.17) is 0 Å². The first-order chi connectivity index (χ1) is 10.8. The van der Waals surface area contributed by atoms with Crippen molar-refractivity contribution in [3.05, 3.63) is 96.6 Å². The van der Waals surface area contributed by atoms with Gasteiger partial charge < -0.3 is 0 Å². The molecule has 0 unspecified atom stereocenters. The molecule has 0 fully saturated rings. The van der Waals surface area contributed by atoms with Gasteiger partial charge in [-0.15, -0.1) is 0 Å². The van der Waals surface area contributed by atoms with Crippen LogP contribution in [0.1, 0.15) is 11.1 Å². The normalized spacial score (nSPS) is 10.6. The summed E-state index contributed by atoms with van der Waals surface area (Å²) >= 11 is 0. The minimum atomic E-state index is -1.47. The van der Waals surface area contributed by atoms with Crippen molar-refractivity contribution in [3.8, 4) is 0 Å². The second kappa shape index (κ2) is 6.59. The van der Waals surface area contributed by atoms with Crippen LogP contribution in [-0.4, -0.2) is 8.80 Å². The molecule has 0 saturated carbocycles. The first-order valence-corrected chi connectivity index (χ1v) is 9.35. The van der Waals surface area contributed by atoms with Crippen molar-refractivity contribution in [3.63, 3.8) is 0 Å². The van der Waals surface area contributed by atoms with Gasteiger partial charge in [0, 0.05) is 0 Å². The predicted octanol–water partition coefficient (Wildman–Crippen LogP) is 2.89. The third-order valence-electron chi connectivity index (χ3n) is 4.04. The van der Waals surface area contributed by atoms with E-state index in [1.165, 1.54) is 26.7 Å². The smallest absolute Gasteiger partial charge is 0.0985 e. The van der Waals surface area contributed by atoms with Gasteiger partial charge in [0.2, 0.25) is 0 Å². The summed E-state index contributed by atoms with van der Waals surface area (Å²) in [5, 5.41) is 4.34. The van der Waals surface area contributed by atoms with Crippen LogP contribution >= 0.6 is 0 Å². The maximum absolute atomic E-state index is 4.01. The molecular formula is C21H20Si. The lowest BCUT2D eigenvalue weighted by Gasteiger charge is -2.20. The summed E-state index contributed by atoms with van der Waals surface area (Å²) in [5.41, 5.74) is 2.57. The van der Waals surface area contributed by atoms with Crippen LogP contribution < -0.4 is 15.6 Å². The summed E-state index contributed by atoms with van der Waals surface area (Å²) in [6.07, 6.45) is 1.99. The van der Waals surface area contributed by atoms with Gasteiger partial charge in [0.25, 0.3) is 0 Å². The minimum Gasteiger partial charge on any atom is -0.0985 e. The summed E-state index contributed by atoms with van der Waals surface area (Å²) in [5.74, 6) is 0. The molecule has 0 saturated heterocycles. The monoisotopic (exact) mass is 300 g/mol. The van der Waals surface area contributed by atoms with E-state index >= 15 is 0 Å². The van der Waals surface area contributed by atoms with Gasteiger partial charge in [0.1, 0.15) is 8.80 Å². The highest BCUT2D eigenvalue weighted by Crippen LogP contribution is 2.05. The van der Waals surface area contributed by atoms with Crippen molar-refractivity contribution in [1.29, 1.82) is 0 Å². The summed E-state index contributed by atoms with van der Waals surface area (Å²) in [6.45, 7) is 6.18. The molecule has 22 heavy (non-hydrogen) atoms. The molecule has 0 aliphatic rings. The molecule has 0 amide bonds. The zero-order valence-corrected chi connectivity index (χ0v) is 14.0. The number of rotatable bonds is 4. The lowest BCUT2D eigenvalue weighted by molar-refractivity contribution is 1.48. The van der Waals surface area contributed by atoms with Crippen LogP contribution in [0.15, 0.2) is 85.4 Å². The Morgan fingerprint density at radius 2 is 1.32 bits per heavy atom. The lowest BCUT2D eigenvalue weighted by atomic mass is 10.1. The van der Waals surface area contributed by atoms with Gasteiger partial charge in [-0.25, -0.2) is 0 Å². The Hall–Kier alpha value is -2.38. The van der Waals surface area contributed by atoms with Crippen molar-refractivity contribution < 1.29 is 0 Å². The average Bonchev–Trinajstić information content (AvgIpc) is 2.57.